The quantitative estimate of drug-likeness (QED) is 0.0938. The Kier molecular flexibility index (Phi) is 13.1. The van der Waals surface area contributed by atoms with Crippen LogP contribution in [0, 0.1) is 17.8 Å². The highest BCUT2D eigenvalue weighted by molar-refractivity contribution is 6.77. The number of esters is 1. The summed E-state index contributed by atoms with van der Waals surface area (Å²) in [5.74, 6) is -0.517. The summed E-state index contributed by atoms with van der Waals surface area (Å²) in [6.07, 6.45) is 7.30. The van der Waals surface area contributed by atoms with E-state index in [1.807, 2.05) is 30.3 Å². The molecule has 9 heteroatoms. The lowest BCUT2D eigenvalue weighted by Crippen LogP contribution is -2.50. The smallest absolute Gasteiger partial charge is 0.411 e. The van der Waals surface area contributed by atoms with Gasteiger partial charge in [-0.05, 0) is 59.2 Å². The number of allylic oxidation sites excluding steroid dienone is 1. The van der Waals surface area contributed by atoms with Crippen LogP contribution in [0.2, 0.25) is 16.6 Å². The molecule has 44 heavy (non-hydrogen) atoms. The van der Waals surface area contributed by atoms with Gasteiger partial charge < -0.3 is 18.8 Å². The number of unbranched alkanes of at least 4 members (excludes halogenated alkanes) is 1. The van der Waals surface area contributed by atoms with Crippen LogP contribution in [0.3, 0.4) is 0 Å². The zero-order valence-electron chi connectivity index (χ0n) is 28.5. The molecular weight excluding hydrogens is 572 g/mol. The van der Waals surface area contributed by atoms with Gasteiger partial charge >= 0.3 is 12.1 Å². The molecule has 1 aromatic rings. The second kappa shape index (κ2) is 16.1. The minimum Gasteiger partial charge on any atom is -0.467 e. The lowest BCUT2D eigenvalue weighted by atomic mass is 9.72. The Hall–Kier alpha value is -2.65. The van der Waals surface area contributed by atoms with E-state index in [0.29, 0.717) is 29.5 Å². The van der Waals surface area contributed by atoms with Crippen LogP contribution in [0.25, 0.3) is 0 Å². The third-order valence-corrected chi connectivity index (χ3v) is 16.1. The molecule has 2 aliphatic rings. The third-order valence-electron chi connectivity index (χ3n) is 9.97. The molecule has 0 radical (unpaired) electrons. The Morgan fingerprint density at radius 2 is 1.55 bits per heavy atom. The van der Waals surface area contributed by atoms with Crippen molar-refractivity contribution in [2.24, 2.45) is 17.8 Å². The Morgan fingerprint density at radius 3 is 2.11 bits per heavy atom. The molecule has 1 aliphatic heterocycles. The standard InChI is InChI=1S/C35H56N2O6Si/c1-24(2)44(25(3)4,26(5)6)43-20-14-13-17-28-18-19-29(21-32(38)36(7)8)30-22-31(34(39)41-9)37(33(28)30)35(40)42-23-27-15-11-10-12-16-27/h10-12,15-16,18-19,24-26,28-31,33H,13-14,17,20-23H2,1-9H3/t28-,29-,30-,31+,33-/m1/s1. The van der Waals surface area contributed by atoms with Crippen molar-refractivity contribution in [3.05, 3.63) is 48.0 Å². The molecule has 3 rings (SSSR count). The number of likely N-dealkylation sites (tertiary alicyclic amines) is 1. The van der Waals surface area contributed by atoms with E-state index >= 15 is 0 Å². The van der Waals surface area contributed by atoms with Crippen LogP contribution in [-0.4, -0.2) is 76.0 Å². The zero-order chi connectivity index (χ0) is 32.6. The number of carbonyl (C=O) groups excluding carboxylic acids is 3. The molecule has 0 spiro atoms. The Morgan fingerprint density at radius 1 is 0.932 bits per heavy atom. The molecule has 5 atom stereocenters. The Balaban J connectivity index is 1.81. The maximum Gasteiger partial charge on any atom is 0.411 e. The summed E-state index contributed by atoms with van der Waals surface area (Å²) in [6.45, 7) is 14.7. The van der Waals surface area contributed by atoms with E-state index in [0.717, 1.165) is 31.4 Å². The number of carbonyl (C=O) groups is 3. The van der Waals surface area contributed by atoms with Gasteiger partial charge in [-0.1, -0.05) is 90.4 Å². The van der Waals surface area contributed by atoms with Crippen LogP contribution in [0.5, 0.6) is 0 Å². The molecule has 0 unspecified atom stereocenters. The molecule has 1 aliphatic carbocycles. The molecule has 1 heterocycles. The van der Waals surface area contributed by atoms with Crippen molar-refractivity contribution in [2.45, 2.75) is 109 Å². The van der Waals surface area contributed by atoms with Crippen molar-refractivity contribution in [1.82, 2.24) is 9.80 Å². The molecule has 8 nitrogen and oxygen atoms in total. The topological polar surface area (TPSA) is 85.4 Å². The van der Waals surface area contributed by atoms with Crippen LogP contribution in [-0.2, 0) is 30.1 Å². The van der Waals surface area contributed by atoms with Crippen LogP contribution in [0.4, 0.5) is 4.79 Å². The van der Waals surface area contributed by atoms with Gasteiger partial charge in [-0.2, -0.15) is 0 Å². The van der Waals surface area contributed by atoms with Gasteiger partial charge in [0.25, 0.3) is 0 Å². The van der Waals surface area contributed by atoms with E-state index in [4.69, 9.17) is 13.9 Å². The Bertz CT molecular complexity index is 1100. The number of methoxy groups -OCH3 is 1. The van der Waals surface area contributed by atoms with Crippen LogP contribution >= 0.6 is 0 Å². The predicted molar refractivity (Wildman–Crippen MR) is 176 cm³/mol. The first-order chi connectivity index (χ1) is 20.8. The average molecular weight is 629 g/mol. The van der Waals surface area contributed by atoms with E-state index < -0.39 is 26.4 Å². The van der Waals surface area contributed by atoms with Gasteiger partial charge in [0.1, 0.15) is 12.6 Å². The van der Waals surface area contributed by atoms with Crippen molar-refractivity contribution < 1.29 is 28.3 Å². The zero-order valence-corrected chi connectivity index (χ0v) is 29.5. The molecule has 0 bridgehead atoms. The van der Waals surface area contributed by atoms with Gasteiger partial charge in [-0.15, -0.1) is 0 Å². The summed E-state index contributed by atoms with van der Waals surface area (Å²) < 4.78 is 17.8. The summed E-state index contributed by atoms with van der Waals surface area (Å²) >= 11 is 0. The van der Waals surface area contributed by atoms with Gasteiger partial charge in [-0.25, -0.2) is 9.59 Å². The van der Waals surface area contributed by atoms with Crippen molar-refractivity contribution in [3.63, 3.8) is 0 Å². The highest BCUT2D eigenvalue weighted by atomic mass is 28.4. The minimum absolute atomic E-state index is 0.0295. The predicted octanol–water partition coefficient (Wildman–Crippen LogP) is 7.20. The SMILES string of the molecule is COC(=O)[C@@H]1C[C@H]2[C@@H]([C@H](CCCCO[Si](C(C)C)(C(C)C)C(C)C)C=C[C@@H]2CC(=O)N(C)C)N1C(=O)OCc1ccccc1. The summed E-state index contributed by atoms with van der Waals surface area (Å²) in [5, 5.41) is 0. The Labute approximate surface area is 266 Å². The fourth-order valence-electron chi connectivity index (χ4n) is 7.91. The number of ether oxygens (including phenoxy) is 2. The van der Waals surface area contributed by atoms with Crippen molar-refractivity contribution in [2.75, 3.05) is 27.8 Å². The van der Waals surface area contributed by atoms with E-state index in [9.17, 15) is 14.4 Å². The van der Waals surface area contributed by atoms with Gasteiger partial charge in [0.15, 0.2) is 8.32 Å². The molecule has 0 saturated carbocycles. The fourth-order valence-corrected chi connectivity index (χ4v) is 13.4. The summed E-state index contributed by atoms with van der Waals surface area (Å²) in [4.78, 5) is 42.8. The minimum atomic E-state index is -1.93. The van der Waals surface area contributed by atoms with Crippen molar-refractivity contribution >= 4 is 26.3 Å². The lowest BCUT2D eigenvalue weighted by molar-refractivity contribution is -0.146. The first kappa shape index (κ1) is 35.8. The molecule has 2 amide bonds. The maximum atomic E-state index is 13.7. The van der Waals surface area contributed by atoms with Gasteiger partial charge in [0, 0.05) is 33.2 Å². The molecule has 0 N–H and O–H groups in total. The van der Waals surface area contributed by atoms with Crippen LogP contribution in [0.1, 0.15) is 79.2 Å². The van der Waals surface area contributed by atoms with Crippen molar-refractivity contribution in [3.8, 4) is 0 Å². The number of nitrogens with zero attached hydrogens (tertiary/aromatic N) is 2. The summed E-state index contributed by atoms with van der Waals surface area (Å²) in [6, 6.07) is 8.52. The van der Waals surface area contributed by atoms with Gasteiger partial charge in [0.2, 0.25) is 5.91 Å². The maximum absolute atomic E-state index is 13.7. The third kappa shape index (κ3) is 8.13. The molecule has 0 aromatic heterocycles. The van der Waals surface area contributed by atoms with Gasteiger partial charge in [0.05, 0.1) is 7.11 Å². The van der Waals surface area contributed by atoms with E-state index in [2.05, 4.69) is 53.7 Å². The average Bonchev–Trinajstić information content (AvgIpc) is 3.39. The molecule has 1 fully saturated rings. The molecule has 246 valence electrons. The second-order valence-corrected chi connectivity index (χ2v) is 19.2. The molecular formula is C35H56N2O6Si. The number of hydrogen-bond acceptors (Lipinski definition) is 6. The van der Waals surface area contributed by atoms with Crippen LogP contribution in [0.15, 0.2) is 42.5 Å². The van der Waals surface area contributed by atoms with E-state index in [1.54, 1.807) is 23.9 Å². The molecule has 1 aromatic carbocycles. The monoisotopic (exact) mass is 628 g/mol. The van der Waals surface area contributed by atoms with Gasteiger partial charge in [-0.3, -0.25) is 9.69 Å². The number of hydrogen-bond donors (Lipinski definition) is 0. The molecule has 1 saturated heterocycles. The highest BCUT2D eigenvalue weighted by Gasteiger charge is 2.54. The fraction of sp³-hybridized carbons (Fsp3) is 0.686. The number of rotatable bonds is 14. The van der Waals surface area contributed by atoms with E-state index in [-0.39, 0.29) is 36.3 Å². The van der Waals surface area contributed by atoms with E-state index in [1.165, 1.54) is 7.11 Å². The summed E-state index contributed by atoms with van der Waals surface area (Å²) in [5.41, 5.74) is 2.49. The normalized spacial score (nSPS) is 23.3. The largest absolute Gasteiger partial charge is 0.467 e. The summed E-state index contributed by atoms with van der Waals surface area (Å²) in [7, 11) is 2.94. The first-order valence-corrected chi connectivity index (χ1v) is 18.6. The number of amides is 2. The van der Waals surface area contributed by atoms with Crippen LogP contribution < -0.4 is 0 Å². The second-order valence-electron chi connectivity index (χ2n) is 13.7. The van der Waals surface area contributed by atoms with Crippen molar-refractivity contribution in [1.29, 1.82) is 0 Å². The number of benzene rings is 1. The lowest BCUT2D eigenvalue weighted by Gasteiger charge is -2.42. The number of fused-ring (bicyclic) bond motifs is 1. The first-order valence-electron chi connectivity index (χ1n) is 16.4. The highest BCUT2D eigenvalue weighted by Crippen LogP contribution is 2.46.